The summed E-state index contributed by atoms with van der Waals surface area (Å²) in [7, 11) is 0. The van der Waals surface area contributed by atoms with Gasteiger partial charge in [-0.05, 0) is 88.7 Å². The summed E-state index contributed by atoms with van der Waals surface area (Å²) in [5.74, 6) is -1.61. The number of benzene rings is 2. The van der Waals surface area contributed by atoms with E-state index in [9.17, 15) is 24.3 Å². The Morgan fingerprint density at radius 2 is 1.57 bits per heavy atom. The number of fused-ring (bicyclic) bond motifs is 2. The van der Waals surface area contributed by atoms with Crippen molar-refractivity contribution in [2.24, 2.45) is 5.41 Å². The molecule has 11 heteroatoms. The number of amides is 3. The summed E-state index contributed by atoms with van der Waals surface area (Å²) < 4.78 is 2.35. The molecule has 0 aromatic heterocycles. The molecule has 1 aliphatic carbocycles. The van der Waals surface area contributed by atoms with Crippen molar-refractivity contribution < 1.29 is 33.7 Å². The Kier molecular flexibility index (Phi) is 13.7. The number of hydroxylamine groups is 2. The van der Waals surface area contributed by atoms with Crippen LogP contribution in [0.1, 0.15) is 117 Å². The fourth-order valence-electron chi connectivity index (χ4n) is 9.34. The largest absolute Gasteiger partial charge is 0.370 e. The van der Waals surface area contributed by atoms with Crippen LogP contribution in [0.4, 0.5) is 11.4 Å². The standard InChI is InChI=1S/C49H63N5O6/c1-8-29-50-45(58)49(46(59)51-30-17-11-12-22-44(57)60-54-42(55)27-28-43(54)56)32-34(23-25-40-47(4,5)36-18-13-15-20-38(36)52(40)9-2)31-35(33-49)24-26-41-48(6,7)37-19-14-16-21-39(37)53(41)10-3/h13-16,18-21,23-26,31,42,55H,8-12,17,22,27-30,32-33H2,1-7H3,(H-,50,51,58,59)/p+1. The van der Waals surface area contributed by atoms with E-state index in [2.05, 4.69) is 141 Å². The van der Waals surface area contributed by atoms with Gasteiger partial charge >= 0.3 is 5.97 Å². The van der Waals surface area contributed by atoms with Crippen molar-refractivity contribution in [2.45, 2.75) is 123 Å². The van der Waals surface area contributed by atoms with Gasteiger partial charge in [0.15, 0.2) is 11.9 Å². The van der Waals surface area contributed by atoms with Crippen LogP contribution in [0.3, 0.4) is 0 Å². The van der Waals surface area contributed by atoms with E-state index in [4.69, 9.17) is 4.84 Å². The van der Waals surface area contributed by atoms with E-state index in [-0.39, 0.29) is 54.7 Å². The minimum atomic E-state index is -1.40. The van der Waals surface area contributed by atoms with Crippen LogP contribution < -0.4 is 15.5 Å². The Morgan fingerprint density at radius 1 is 0.867 bits per heavy atom. The number of aliphatic hydroxyl groups excluding tert-OH is 1. The van der Waals surface area contributed by atoms with Gasteiger partial charge in [-0.3, -0.25) is 14.4 Å². The van der Waals surface area contributed by atoms with Gasteiger partial charge in [-0.2, -0.15) is 4.58 Å². The second-order valence-corrected chi connectivity index (χ2v) is 17.5. The summed E-state index contributed by atoms with van der Waals surface area (Å²) in [6.45, 7) is 17.7. The molecule has 0 bridgehead atoms. The fourth-order valence-corrected chi connectivity index (χ4v) is 9.34. The van der Waals surface area contributed by atoms with E-state index in [0.29, 0.717) is 32.4 Å². The Balaban J connectivity index is 1.28. The molecule has 3 N–H and O–H groups in total. The molecular weight excluding hydrogens is 755 g/mol. The number of allylic oxidation sites excluding steroid dienone is 8. The van der Waals surface area contributed by atoms with Crippen molar-refractivity contribution >= 4 is 40.8 Å². The number of unbranched alkanes of at least 4 members (excludes halogenated alkanes) is 2. The molecule has 3 aliphatic heterocycles. The number of rotatable bonds is 16. The Hall–Kier alpha value is -5.29. The molecule has 11 nitrogen and oxygen atoms in total. The first-order chi connectivity index (χ1) is 28.7. The highest BCUT2D eigenvalue weighted by Gasteiger charge is 2.49. The molecule has 2 aromatic rings. The van der Waals surface area contributed by atoms with Crippen LogP contribution in [-0.4, -0.2) is 76.6 Å². The van der Waals surface area contributed by atoms with Crippen molar-refractivity contribution in [3.05, 3.63) is 107 Å². The molecule has 2 unspecified atom stereocenters. The van der Waals surface area contributed by atoms with Gasteiger partial charge in [0.05, 0.1) is 5.41 Å². The maximum absolute atomic E-state index is 14.6. The summed E-state index contributed by atoms with van der Waals surface area (Å²) in [6.07, 6.45) is 12.9. The van der Waals surface area contributed by atoms with Crippen LogP contribution in [0.5, 0.6) is 0 Å². The van der Waals surface area contributed by atoms with Gasteiger partial charge in [0.2, 0.25) is 17.5 Å². The first-order valence-electron chi connectivity index (χ1n) is 21.9. The number of aliphatic hydroxyl groups is 1. The van der Waals surface area contributed by atoms with Gasteiger partial charge < -0.3 is 25.5 Å². The molecule has 0 radical (unpaired) electrons. The molecule has 1 saturated heterocycles. The molecule has 60 heavy (non-hydrogen) atoms. The van der Waals surface area contributed by atoms with Gasteiger partial charge in [-0.1, -0.05) is 81.8 Å². The number of carbonyl (C=O) groups excluding carboxylic acids is 4. The maximum Gasteiger partial charge on any atom is 0.332 e. The zero-order valence-corrected chi connectivity index (χ0v) is 36.6. The number of hydrogen-bond donors (Lipinski definition) is 3. The van der Waals surface area contributed by atoms with Gasteiger partial charge in [0.25, 0.3) is 5.91 Å². The second kappa shape index (κ2) is 18.5. The number of anilines is 1. The monoisotopic (exact) mass is 818 g/mol. The summed E-state index contributed by atoms with van der Waals surface area (Å²) in [6, 6.07) is 17.0. The number of hydrogen-bond acceptors (Lipinski definition) is 7. The van der Waals surface area contributed by atoms with Crippen molar-refractivity contribution in [1.82, 2.24) is 15.7 Å². The molecule has 6 rings (SSSR count). The quantitative estimate of drug-likeness (QED) is 0.0905. The predicted octanol–water partition coefficient (Wildman–Crippen LogP) is 7.58. The number of para-hydroxylation sites is 2. The minimum absolute atomic E-state index is 0.0751. The van der Waals surface area contributed by atoms with E-state index >= 15 is 0 Å². The van der Waals surface area contributed by atoms with Crippen LogP contribution in [0.15, 0.2) is 95.8 Å². The highest BCUT2D eigenvalue weighted by Crippen LogP contribution is 2.48. The van der Waals surface area contributed by atoms with Gasteiger partial charge in [0.1, 0.15) is 12.0 Å². The molecule has 0 spiro atoms. The summed E-state index contributed by atoms with van der Waals surface area (Å²) >= 11 is 0. The smallest absolute Gasteiger partial charge is 0.332 e. The number of nitrogens with one attached hydrogen (secondary N) is 2. The van der Waals surface area contributed by atoms with Crippen molar-refractivity contribution in [3.8, 4) is 0 Å². The summed E-state index contributed by atoms with van der Waals surface area (Å²) in [5, 5.41) is 16.9. The molecule has 3 heterocycles. The lowest BCUT2D eigenvalue weighted by Crippen LogP contribution is -2.53. The van der Waals surface area contributed by atoms with E-state index in [1.807, 2.05) is 6.92 Å². The van der Waals surface area contributed by atoms with Crippen LogP contribution in [-0.2, 0) is 34.8 Å². The Bertz CT molecular complexity index is 2140. The lowest BCUT2D eigenvalue weighted by Gasteiger charge is -2.35. The molecule has 320 valence electrons. The van der Waals surface area contributed by atoms with Crippen LogP contribution in [0, 0.1) is 5.41 Å². The molecular formula is C49H64N5O6+. The number of carbonyl (C=O) groups is 4. The van der Waals surface area contributed by atoms with Crippen molar-refractivity contribution in [3.63, 3.8) is 0 Å². The summed E-state index contributed by atoms with van der Waals surface area (Å²) in [4.78, 5) is 60.7. The Labute approximate surface area is 355 Å². The molecule has 4 aliphatic rings. The molecule has 0 saturated carbocycles. The third-order valence-corrected chi connectivity index (χ3v) is 12.6. The third-order valence-electron chi connectivity index (χ3n) is 12.6. The third kappa shape index (κ3) is 8.78. The van der Waals surface area contributed by atoms with E-state index in [1.54, 1.807) is 0 Å². The average Bonchev–Trinajstić information content (AvgIpc) is 3.76. The van der Waals surface area contributed by atoms with Gasteiger partial charge in [-0.15, -0.1) is 5.06 Å². The molecule has 1 fully saturated rings. The Morgan fingerprint density at radius 3 is 2.25 bits per heavy atom. The SMILES string of the molecule is CCCNC(=O)C1(C(=O)NCCCCCC(=O)ON2C(=O)CCC2O)CC(/C=C/C2=[N+](CC)c3ccccc3C2(C)C)=CC(=C/C=C2/N(CC)c3ccccc3C2(C)C)/C1. The van der Waals surface area contributed by atoms with Gasteiger partial charge in [-0.25, -0.2) is 4.79 Å². The van der Waals surface area contributed by atoms with Crippen molar-refractivity contribution in [2.75, 3.05) is 31.1 Å². The highest BCUT2D eigenvalue weighted by molar-refractivity contribution is 6.06. The lowest BCUT2D eigenvalue weighted by atomic mass is 9.70. The second-order valence-electron chi connectivity index (χ2n) is 17.5. The first kappa shape index (κ1) is 44.3. The molecule has 2 aromatic carbocycles. The zero-order valence-electron chi connectivity index (χ0n) is 36.6. The predicted molar refractivity (Wildman–Crippen MR) is 235 cm³/mol. The van der Waals surface area contributed by atoms with Crippen molar-refractivity contribution in [1.29, 1.82) is 0 Å². The zero-order chi connectivity index (χ0) is 43.2. The molecule has 2 atom stereocenters. The minimum Gasteiger partial charge on any atom is -0.370 e. The number of nitrogens with zero attached hydrogens (tertiary/aromatic N) is 3. The van der Waals surface area contributed by atoms with Crippen LogP contribution >= 0.6 is 0 Å². The highest BCUT2D eigenvalue weighted by atomic mass is 16.7. The topological polar surface area (TPSA) is 131 Å². The van der Waals surface area contributed by atoms with Gasteiger partial charge in [0, 0.05) is 73.4 Å². The number of likely N-dealkylation sites (N-methyl/N-ethyl adjacent to an activating group) is 1. The van der Waals surface area contributed by atoms with Crippen LogP contribution in [0.25, 0.3) is 0 Å². The van der Waals surface area contributed by atoms with Crippen LogP contribution in [0.2, 0.25) is 0 Å². The van der Waals surface area contributed by atoms with E-state index in [1.165, 1.54) is 22.5 Å². The first-order valence-corrected chi connectivity index (χ1v) is 21.9. The lowest BCUT2D eigenvalue weighted by molar-refractivity contribution is -0.433. The fraction of sp³-hybridized carbons (Fsp3) is 0.490. The van der Waals surface area contributed by atoms with E-state index in [0.717, 1.165) is 47.1 Å². The average molecular weight is 819 g/mol. The normalized spacial score (nSPS) is 23.0. The maximum atomic E-state index is 14.6. The molecule has 3 amide bonds. The van der Waals surface area contributed by atoms with E-state index < -0.39 is 23.5 Å². The summed E-state index contributed by atoms with van der Waals surface area (Å²) in [5.41, 5.74) is 7.13.